The van der Waals surface area contributed by atoms with Gasteiger partial charge in [0.2, 0.25) is 0 Å². The maximum Gasteiger partial charge on any atom is 0.417 e. The summed E-state index contributed by atoms with van der Waals surface area (Å²) < 4.78 is 35.7. The summed E-state index contributed by atoms with van der Waals surface area (Å²) in [5, 5.41) is 2.49. The van der Waals surface area contributed by atoms with Crippen molar-refractivity contribution in [1.82, 2.24) is 0 Å². The zero-order valence-electron chi connectivity index (χ0n) is 10.8. The summed E-state index contributed by atoms with van der Waals surface area (Å²) in [5.74, 6) is 0.521. The van der Waals surface area contributed by atoms with Gasteiger partial charge < -0.3 is 9.47 Å². The molecule has 0 radical (unpaired) electrons. The molecule has 0 fully saturated rings. The summed E-state index contributed by atoms with van der Waals surface area (Å²) in [6.45, 7) is 0. The number of fused-ring (bicyclic) bond motifs is 1. The fourth-order valence-corrected chi connectivity index (χ4v) is 2.05. The Hall–Kier alpha value is -2.63. The third kappa shape index (κ3) is 3.10. The molecule has 2 aromatic carbocycles. The van der Waals surface area contributed by atoms with Gasteiger partial charge in [-0.05, 0) is 30.3 Å². The molecule has 0 saturated heterocycles. The average molecular weight is 291 g/mol. The Kier molecular flexibility index (Phi) is 3.21. The topological polar surface area (TPSA) is 47.6 Å². The second-order valence-corrected chi connectivity index (χ2v) is 4.57. The van der Waals surface area contributed by atoms with E-state index < -0.39 is 18.6 Å². The Balaban J connectivity index is 1.68. The van der Waals surface area contributed by atoms with Crippen molar-refractivity contribution < 1.29 is 23.0 Å². The minimum Gasteiger partial charge on any atom is -0.432 e. The van der Waals surface area contributed by atoms with E-state index in [0.717, 1.165) is 0 Å². The number of ether oxygens (including phenoxy) is 2. The molecule has 6 heteroatoms. The molecule has 4 nitrogen and oxygen atoms in total. The Morgan fingerprint density at radius 3 is 2.71 bits per heavy atom. The molecular weight excluding hydrogens is 280 g/mol. The van der Waals surface area contributed by atoms with Gasteiger partial charge in [-0.25, -0.2) is 4.79 Å². The molecule has 0 unspecified atom stereocenters. The molecule has 0 atom stereocenters. The van der Waals surface area contributed by atoms with Gasteiger partial charge in [0.25, 0.3) is 0 Å². The number of benzene rings is 2. The van der Waals surface area contributed by atoms with E-state index in [1.807, 2.05) is 0 Å². The molecule has 1 amide bonds. The largest absolute Gasteiger partial charge is 0.432 e. The Labute approximate surface area is 119 Å². The first-order chi connectivity index (χ1) is 10.0. The normalized spacial score (nSPS) is 15.0. The molecule has 0 aromatic heterocycles. The van der Waals surface area contributed by atoms with Crippen LogP contribution in [0.25, 0.3) is 0 Å². The van der Waals surface area contributed by atoms with E-state index in [2.05, 4.69) is 10.1 Å². The van der Waals surface area contributed by atoms with E-state index in [1.165, 1.54) is 18.2 Å². The van der Waals surface area contributed by atoms with Crippen molar-refractivity contribution >= 4 is 11.8 Å². The van der Waals surface area contributed by atoms with E-state index in [4.69, 9.17) is 4.74 Å². The van der Waals surface area contributed by atoms with Crippen molar-refractivity contribution in [3.8, 4) is 11.5 Å². The third-order valence-electron chi connectivity index (χ3n) is 2.92. The highest BCUT2D eigenvalue weighted by Gasteiger charge is 2.39. The zero-order valence-corrected chi connectivity index (χ0v) is 10.8. The highest BCUT2D eigenvalue weighted by molar-refractivity contribution is 5.86. The lowest BCUT2D eigenvalue weighted by Crippen LogP contribution is -2.20. The quantitative estimate of drug-likeness (QED) is 0.914. The van der Waals surface area contributed by atoms with Crippen LogP contribution in [0.1, 0.15) is 5.56 Å². The Morgan fingerprint density at radius 1 is 1.19 bits per heavy atom. The molecule has 1 N–H and O–H groups in total. The van der Waals surface area contributed by atoms with Gasteiger partial charge >= 0.3 is 12.2 Å². The molecule has 0 bridgehead atoms. The van der Waals surface area contributed by atoms with Crippen molar-refractivity contribution in [3.63, 3.8) is 0 Å². The number of carbonyl (C=O) groups is 1. The molecule has 0 spiro atoms. The van der Waals surface area contributed by atoms with E-state index in [9.17, 15) is 13.6 Å². The standard InChI is InChI=1S/C15H11F2NO3/c16-15(17)9-10-8-11(6-7-13(10)21-15)18-14(19)20-12-4-2-1-3-5-12/h1-8H,9H2,(H,18,19). The fourth-order valence-electron chi connectivity index (χ4n) is 2.05. The minimum absolute atomic E-state index is 0.127. The molecular formula is C15H11F2NO3. The van der Waals surface area contributed by atoms with Crippen LogP contribution in [0.3, 0.4) is 0 Å². The fraction of sp³-hybridized carbons (Fsp3) is 0.133. The molecule has 1 aliphatic heterocycles. The Morgan fingerprint density at radius 2 is 1.95 bits per heavy atom. The monoisotopic (exact) mass is 291 g/mol. The summed E-state index contributed by atoms with van der Waals surface area (Å²) in [6.07, 6.45) is -4.39. The summed E-state index contributed by atoms with van der Waals surface area (Å²) in [6, 6.07) is 12.9. The zero-order chi connectivity index (χ0) is 14.9. The molecule has 0 saturated carbocycles. The first-order valence-electron chi connectivity index (χ1n) is 6.25. The lowest BCUT2D eigenvalue weighted by Gasteiger charge is -2.07. The summed E-state index contributed by atoms with van der Waals surface area (Å²) in [4.78, 5) is 11.7. The van der Waals surface area contributed by atoms with Crippen LogP contribution in [0.2, 0.25) is 0 Å². The van der Waals surface area contributed by atoms with Crippen LogP contribution >= 0.6 is 0 Å². The average Bonchev–Trinajstić information content (AvgIpc) is 2.73. The van der Waals surface area contributed by atoms with Gasteiger partial charge in [0.05, 0.1) is 6.42 Å². The van der Waals surface area contributed by atoms with Crippen molar-refractivity contribution in [2.45, 2.75) is 12.5 Å². The van der Waals surface area contributed by atoms with Gasteiger partial charge in [-0.3, -0.25) is 5.32 Å². The van der Waals surface area contributed by atoms with Gasteiger partial charge in [-0.2, -0.15) is 8.78 Å². The van der Waals surface area contributed by atoms with Crippen LogP contribution in [0.4, 0.5) is 19.3 Å². The number of para-hydroxylation sites is 1. The van der Waals surface area contributed by atoms with E-state index >= 15 is 0 Å². The van der Waals surface area contributed by atoms with Crippen molar-refractivity contribution in [2.75, 3.05) is 5.32 Å². The molecule has 1 aliphatic rings. The maximum atomic E-state index is 13.1. The first-order valence-corrected chi connectivity index (χ1v) is 6.25. The van der Waals surface area contributed by atoms with E-state index in [1.54, 1.807) is 30.3 Å². The van der Waals surface area contributed by atoms with Crippen LogP contribution in [0.5, 0.6) is 11.5 Å². The van der Waals surface area contributed by atoms with Crippen LogP contribution in [0.15, 0.2) is 48.5 Å². The third-order valence-corrected chi connectivity index (χ3v) is 2.92. The van der Waals surface area contributed by atoms with Gasteiger partial charge in [-0.15, -0.1) is 0 Å². The van der Waals surface area contributed by atoms with Crippen molar-refractivity contribution in [1.29, 1.82) is 0 Å². The SMILES string of the molecule is O=C(Nc1ccc2c(c1)CC(F)(F)O2)Oc1ccccc1. The predicted molar refractivity (Wildman–Crippen MR) is 71.8 cm³/mol. The van der Waals surface area contributed by atoms with Crippen LogP contribution in [-0.2, 0) is 6.42 Å². The number of alkyl halides is 2. The smallest absolute Gasteiger partial charge is 0.417 e. The number of nitrogens with one attached hydrogen (secondary N) is 1. The van der Waals surface area contributed by atoms with Gasteiger partial charge in [0.15, 0.2) is 0 Å². The molecule has 0 aliphatic carbocycles. The highest BCUT2D eigenvalue weighted by atomic mass is 19.3. The van der Waals surface area contributed by atoms with Crippen molar-refractivity contribution in [3.05, 3.63) is 54.1 Å². The number of halogens is 2. The summed E-state index contributed by atoms with van der Waals surface area (Å²) in [7, 11) is 0. The molecule has 3 rings (SSSR count). The molecule has 108 valence electrons. The lowest BCUT2D eigenvalue weighted by molar-refractivity contribution is -0.159. The number of carbonyl (C=O) groups excluding carboxylic acids is 1. The van der Waals surface area contributed by atoms with Gasteiger partial charge in [0, 0.05) is 11.3 Å². The number of hydrogen-bond donors (Lipinski definition) is 1. The Bertz CT molecular complexity index is 674. The molecule has 2 aromatic rings. The van der Waals surface area contributed by atoms with Crippen LogP contribution < -0.4 is 14.8 Å². The number of rotatable bonds is 2. The van der Waals surface area contributed by atoms with E-state index in [0.29, 0.717) is 17.0 Å². The summed E-state index contributed by atoms with van der Waals surface area (Å²) in [5.41, 5.74) is 0.716. The number of anilines is 1. The van der Waals surface area contributed by atoms with E-state index in [-0.39, 0.29) is 5.75 Å². The van der Waals surface area contributed by atoms with Crippen LogP contribution in [-0.4, -0.2) is 12.2 Å². The highest BCUT2D eigenvalue weighted by Crippen LogP contribution is 2.38. The predicted octanol–water partition coefficient (Wildman–Crippen LogP) is 3.83. The lowest BCUT2D eigenvalue weighted by atomic mass is 10.1. The van der Waals surface area contributed by atoms with Gasteiger partial charge in [0.1, 0.15) is 11.5 Å². The summed E-state index contributed by atoms with van der Waals surface area (Å²) >= 11 is 0. The molecule has 1 heterocycles. The number of amides is 1. The minimum atomic E-state index is -3.19. The first kappa shape index (κ1) is 13.4. The molecule has 21 heavy (non-hydrogen) atoms. The number of hydrogen-bond acceptors (Lipinski definition) is 3. The maximum absolute atomic E-state index is 13.1. The second-order valence-electron chi connectivity index (χ2n) is 4.57. The van der Waals surface area contributed by atoms with Gasteiger partial charge in [-0.1, -0.05) is 18.2 Å². The van der Waals surface area contributed by atoms with Crippen molar-refractivity contribution in [2.24, 2.45) is 0 Å². The van der Waals surface area contributed by atoms with Crippen LogP contribution in [0, 0.1) is 0 Å². The second kappa shape index (κ2) is 5.05.